The second kappa shape index (κ2) is 3.60. The van der Waals surface area contributed by atoms with Crippen molar-refractivity contribution >= 4 is 11.8 Å². The van der Waals surface area contributed by atoms with E-state index >= 15 is 0 Å². The Morgan fingerprint density at radius 3 is 2.31 bits per heavy atom. The van der Waals surface area contributed by atoms with Crippen LogP contribution in [0.2, 0.25) is 0 Å². The van der Waals surface area contributed by atoms with Crippen molar-refractivity contribution in [1.29, 1.82) is 0 Å². The summed E-state index contributed by atoms with van der Waals surface area (Å²) in [6, 6.07) is 0. The van der Waals surface area contributed by atoms with Crippen LogP contribution >= 0.6 is 0 Å². The molecule has 0 atom stereocenters. The summed E-state index contributed by atoms with van der Waals surface area (Å²) < 4.78 is 0. The van der Waals surface area contributed by atoms with Crippen LogP contribution in [0, 0.1) is 6.92 Å². The Hall–Kier alpha value is -1.32. The first-order valence-corrected chi connectivity index (χ1v) is 4.36. The smallest absolute Gasteiger partial charge is 0.227 e. The number of nitrogens with two attached hydrogens (primary N) is 1. The van der Waals surface area contributed by atoms with E-state index in [4.69, 9.17) is 5.73 Å². The lowest BCUT2D eigenvalue weighted by molar-refractivity contribution is 0.945. The van der Waals surface area contributed by atoms with E-state index in [1.165, 1.54) is 0 Å². The number of hydrogen-bond acceptors (Lipinski definition) is 4. The third kappa shape index (κ3) is 1.88. The second-order valence-corrected chi connectivity index (χ2v) is 3.22. The van der Waals surface area contributed by atoms with Gasteiger partial charge in [-0.2, -0.15) is 4.98 Å². The Labute approximate surface area is 78.8 Å². The van der Waals surface area contributed by atoms with Crippen LogP contribution in [-0.4, -0.2) is 24.1 Å². The summed E-state index contributed by atoms with van der Waals surface area (Å²) in [7, 11) is 3.81. The van der Waals surface area contributed by atoms with Gasteiger partial charge in [-0.3, -0.25) is 0 Å². The molecule has 2 N–H and O–H groups in total. The number of aromatic nitrogens is 2. The number of rotatable bonds is 2. The lowest BCUT2D eigenvalue weighted by Crippen LogP contribution is -2.15. The minimum Gasteiger partial charge on any atom is -0.383 e. The van der Waals surface area contributed by atoms with Gasteiger partial charge in [0.05, 0.1) is 0 Å². The number of aryl methyl sites for hydroxylation is 1. The Balaban J connectivity index is 3.20. The summed E-state index contributed by atoms with van der Waals surface area (Å²) in [6.07, 6.45) is 0.880. The molecule has 0 amide bonds. The van der Waals surface area contributed by atoms with Gasteiger partial charge >= 0.3 is 0 Å². The molecule has 1 aromatic rings. The largest absolute Gasteiger partial charge is 0.383 e. The zero-order valence-corrected chi connectivity index (χ0v) is 8.63. The molecule has 0 unspecified atom stereocenters. The van der Waals surface area contributed by atoms with Gasteiger partial charge < -0.3 is 10.6 Å². The molecule has 4 heteroatoms. The number of anilines is 2. The van der Waals surface area contributed by atoms with Crippen LogP contribution in [0.5, 0.6) is 0 Å². The Morgan fingerprint density at radius 1 is 1.31 bits per heavy atom. The fourth-order valence-electron chi connectivity index (χ4n) is 1.24. The number of nitrogens with zero attached hydrogens (tertiary/aromatic N) is 3. The van der Waals surface area contributed by atoms with Crippen LogP contribution in [0.3, 0.4) is 0 Å². The summed E-state index contributed by atoms with van der Waals surface area (Å²) in [5.74, 6) is 1.27. The number of nitrogen functional groups attached to an aromatic ring is 1. The maximum atomic E-state index is 5.79. The van der Waals surface area contributed by atoms with E-state index in [-0.39, 0.29) is 0 Å². The molecule has 0 saturated heterocycles. The molecule has 0 saturated carbocycles. The van der Waals surface area contributed by atoms with Gasteiger partial charge in [0.25, 0.3) is 0 Å². The molecular formula is C9H16N4. The fraction of sp³-hybridized carbons (Fsp3) is 0.556. The first-order chi connectivity index (χ1) is 6.06. The topological polar surface area (TPSA) is 55.0 Å². The lowest BCUT2D eigenvalue weighted by atomic mass is 10.2. The maximum absolute atomic E-state index is 5.79. The summed E-state index contributed by atoms with van der Waals surface area (Å²) in [4.78, 5) is 10.4. The van der Waals surface area contributed by atoms with Crippen LogP contribution in [0.4, 0.5) is 11.8 Å². The van der Waals surface area contributed by atoms with Gasteiger partial charge in [0.2, 0.25) is 5.95 Å². The van der Waals surface area contributed by atoms with Crippen molar-refractivity contribution in [3.63, 3.8) is 0 Å². The van der Waals surface area contributed by atoms with E-state index in [2.05, 4.69) is 16.9 Å². The highest BCUT2D eigenvalue weighted by Gasteiger charge is 2.07. The minimum absolute atomic E-state index is 0.596. The van der Waals surface area contributed by atoms with Crippen molar-refractivity contribution in [2.24, 2.45) is 0 Å². The average molecular weight is 180 g/mol. The number of hydrogen-bond donors (Lipinski definition) is 1. The summed E-state index contributed by atoms with van der Waals surface area (Å²) >= 11 is 0. The molecule has 0 aliphatic carbocycles. The zero-order valence-electron chi connectivity index (χ0n) is 8.63. The highest BCUT2D eigenvalue weighted by molar-refractivity contribution is 5.47. The van der Waals surface area contributed by atoms with Gasteiger partial charge in [-0.25, -0.2) is 4.98 Å². The van der Waals surface area contributed by atoms with E-state index in [1.54, 1.807) is 0 Å². The standard InChI is InChI=1S/C9H16N4/c1-5-7-6(2)11-9(13(3)4)12-8(7)10/h5H2,1-4H3,(H2,10,11,12). The van der Waals surface area contributed by atoms with Gasteiger partial charge in [0, 0.05) is 25.4 Å². The summed E-state index contributed by atoms with van der Waals surface area (Å²) in [5.41, 5.74) is 7.81. The van der Waals surface area contributed by atoms with Crippen LogP contribution < -0.4 is 10.6 Å². The van der Waals surface area contributed by atoms with Crippen molar-refractivity contribution in [3.8, 4) is 0 Å². The molecule has 0 radical (unpaired) electrons. The maximum Gasteiger partial charge on any atom is 0.227 e. The molecule has 0 aliphatic rings. The molecule has 1 rings (SSSR count). The third-order valence-corrected chi connectivity index (χ3v) is 1.99. The Morgan fingerprint density at radius 2 is 1.92 bits per heavy atom. The third-order valence-electron chi connectivity index (χ3n) is 1.99. The molecule has 0 bridgehead atoms. The monoisotopic (exact) mass is 180 g/mol. The zero-order chi connectivity index (χ0) is 10.0. The van der Waals surface area contributed by atoms with Gasteiger partial charge in [-0.15, -0.1) is 0 Å². The fourth-order valence-corrected chi connectivity index (χ4v) is 1.24. The van der Waals surface area contributed by atoms with Crippen molar-refractivity contribution in [1.82, 2.24) is 9.97 Å². The van der Waals surface area contributed by atoms with Crippen LogP contribution in [0.25, 0.3) is 0 Å². The highest BCUT2D eigenvalue weighted by atomic mass is 15.2. The molecule has 13 heavy (non-hydrogen) atoms. The quantitative estimate of drug-likeness (QED) is 0.737. The second-order valence-electron chi connectivity index (χ2n) is 3.22. The summed E-state index contributed by atoms with van der Waals surface area (Å²) in [6.45, 7) is 4.02. The van der Waals surface area contributed by atoms with E-state index < -0.39 is 0 Å². The minimum atomic E-state index is 0.596. The van der Waals surface area contributed by atoms with Gasteiger partial charge in [0.15, 0.2) is 0 Å². The Bertz CT molecular complexity index is 283. The molecule has 0 fully saturated rings. The van der Waals surface area contributed by atoms with E-state index in [1.807, 2.05) is 25.9 Å². The van der Waals surface area contributed by atoms with Crippen molar-refractivity contribution in [2.75, 3.05) is 24.7 Å². The molecule has 0 spiro atoms. The normalized spacial score (nSPS) is 10.2. The van der Waals surface area contributed by atoms with Crippen LogP contribution in [0.15, 0.2) is 0 Å². The lowest BCUT2D eigenvalue weighted by Gasteiger charge is -2.13. The van der Waals surface area contributed by atoms with Crippen molar-refractivity contribution in [3.05, 3.63) is 11.3 Å². The van der Waals surface area contributed by atoms with E-state index in [9.17, 15) is 0 Å². The molecule has 4 nitrogen and oxygen atoms in total. The van der Waals surface area contributed by atoms with Crippen molar-refractivity contribution in [2.45, 2.75) is 20.3 Å². The predicted octanol–water partition coefficient (Wildman–Crippen LogP) is 0.996. The average Bonchev–Trinajstić information content (AvgIpc) is 2.03. The van der Waals surface area contributed by atoms with Crippen LogP contribution in [-0.2, 0) is 6.42 Å². The molecule has 0 aliphatic heterocycles. The highest BCUT2D eigenvalue weighted by Crippen LogP contribution is 2.16. The predicted molar refractivity (Wildman–Crippen MR) is 54.9 cm³/mol. The van der Waals surface area contributed by atoms with Gasteiger partial charge in [0.1, 0.15) is 5.82 Å². The molecule has 0 aromatic carbocycles. The van der Waals surface area contributed by atoms with E-state index in [0.717, 1.165) is 17.7 Å². The molecule has 1 heterocycles. The molecular weight excluding hydrogens is 164 g/mol. The molecule has 72 valence electrons. The van der Waals surface area contributed by atoms with Gasteiger partial charge in [-0.05, 0) is 13.3 Å². The van der Waals surface area contributed by atoms with Crippen molar-refractivity contribution < 1.29 is 0 Å². The first kappa shape index (κ1) is 9.77. The SMILES string of the molecule is CCc1c(C)nc(N(C)C)nc1N. The van der Waals surface area contributed by atoms with Gasteiger partial charge in [-0.1, -0.05) is 6.92 Å². The van der Waals surface area contributed by atoms with E-state index in [0.29, 0.717) is 11.8 Å². The summed E-state index contributed by atoms with van der Waals surface area (Å²) in [5, 5.41) is 0. The Kier molecular flexibility index (Phi) is 2.70. The van der Waals surface area contributed by atoms with Crippen LogP contribution in [0.1, 0.15) is 18.2 Å². The molecule has 1 aromatic heterocycles. The first-order valence-electron chi connectivity index (χ1n) is 4.36.